The van der Waals surface area contributed by atoms with Crippen LogP contribution in [0.5, 0.6) is 11.5 Å². The average molecular weight is 243 g/mol. The van der Waals surface area contributed by atoms with Gasteiger partial charge in [0.05, 0.1) is 26.8 Å². The highest BCUT2D eigenvalue weighted by molar-refractivity contribution is 5.85. The summed E-state index contributed by atoms with van der Waals surface area (Å²) >= 11 is 0. The van der Waals surface area contributed by atoms with Crippen molar-refractivity contribution in [3.8, 4) is 17.6 Å². The van der Waals surface area contributed by atoms with Crippen molar-refractivity contribution in [2.75, 3.05) is 20.8 Å². The minimum atomic E-state index is 0. The standard InChI is InChI=1S/C11H14N2O2.ClH/c1-14-10-4-3-9(8-13-6-5-12)11(7-10)15-2;/h3-4,7,13H,6,8H2,1-2H3;1H. The molecule has 0 spiro atoms. The third kappa shape index (κ3) is 3.97. The largest absolute Gasteiger partial charge is 0.497 e. The van der Waals surface area contributed by atoms with Gasteiger partial charge in [-0.3, -0.25) is 0 Å². The number of nitriles is 1. The summed E-state index contributed by atoms with van der Waals surface area (Å²) in [5.74, 6) is 1.52. The maximum absolute atomic E-state index is 8.39. The molecule has 5 heteroatoms. The van der Waals surface area contributed by atoms with Gasteiger partial charge >= 0.3 is 0 Å². The molecular formula is C11H15ClN2O2. The summed E-state index contributed by atoms with van der Waals surface area (Å²) in [5.41, 5.74) is 1.01. The molecule has 0 aromatic heterocycles. The van der Waals surface area contributed by atoms with Gasteiger partial charge in [-0.1, -0.05) is 6.07 Å². The highest BCUT2D eigenvalue weighted by Gasteiger charge is 2.03. The molecule has 4 nitrogen and oxygen atoms in total. The van der Waals surface area contributed by atoms with Gasteiger partial charge in [-0.05, 0) is 6.07 Å². The summed E-state index contributed by atoms with van der Waals surface area (Å²) < 4.78 is 10.3. The molecule has 88 valence electrons. The fourth-order valence-electron chi connectivity index (χ4n) is 1.25. The average Bonchev–Trinajstić information content (AvgIpc) is 2.29. The van der Waals surface area contributed by atoms with E-state index in [2.05, 4.69) is 5.32 Å². The van der Waals surface area contributed by atoms with Gasteiger partial charge in [0.25, 0.3) is 0 Å². The molecule has 0 fully saturated rings. The van der Waals surface area contributed by atoms with Crippen molar-refractivity contribution in [3.05, 3.63) is 23.8 Å². The Kier molecular flexibility index (Phi) is 7.10. The highest BCUT2D eigenvalue weighted by Crippen LogP contribution is 2.24. The van der Waals surface area contributed by atoms with Crippen LogP contribution < -0.4 is 14.8 Å². The van der Waals surface area contributed by atoms with Gasteiger partial charge in [0.15, 0.2) is 0 Å². The van der Waals surface area contributed by atoms with E-state index in [4.69, 9.17) is 14.7 Å². The second-order valence-electron chi connectivity index (χ2n) is 2.94. The van der Waals surface area contributed by atoms with Gasteiger partial charge in [-0.2, -0.15) is 5.26 Å². The number of rotatable bonds is 5. The second kappa shape index (κ2) is 7.80. The summed E-state index contributed by atoms with van der Waals surface area (Å²) in [6, 6.07) is 7.63. The van der Waals surface area contributed by atoms with Gasteiger partial charge in [0.1, 0.15) is 11.5 Å². The highest BCUT2D eigenvalue weighted by atomic mass is 35.5. The molecule has 0 saturated carbocycles. The zero-order chi connectivity index (χ0) is 11.1. The molecule has 0 amide bonds. The van der Waals surface area contributed by atoms with Gasteiger partial charge in [-0.15, -0.1) is 12.4 Å². The molecule has 16 heavy (non-hydrogen) atoms. The lowest BCUT2D eigenvalue weighted by Gasteiger charge is -2.09. The lowest BCUT2D eigenvalue weighted by atomic mass is 10.2. The topological polar surface area (TPSA) is 54.3 Å². The zero-order valence-corrected chi connectivity index (χ0v) is 10.1. The van der Waals surface area contributed by atoms with Crippen molar-refractivity contribution in [2.45, 2.75) is 6.54 Å². The first kappa shape index (κ1) is 14.6. The molecule has 0 bridgehead atoms. The lowest BCUT2D eigenvalue weighted by molar-refractivity contribution is 0.390. The van der Waals surface area contributed by atoms with Crippen LogP contribution in [0.2, 0.25) is 0 Å². The molecule has 0 aliphatic heterocycles. The van der Waals surface area contributed by atoms with Crippen molar-refractivity contribution >= 4 is 12.4 Å². The lowest BCUT2D eigenvalue weighted by Crippen LogP contribution is -2.13. The van der Waals surface area contributed by atoms with Crippen molar-refractivity contribution in [2.24, 2.45) is 0 Å². The Balaban J connectivity index is 0.00000225. The van der Waals surface area contributed by atoms with E-state index in [1.807, 2.05) is 24.3 Å². The van der Waals surface area contributed by atoms with Crippen molar-refractivity contribution in [1.82, 2.24) is 5.32 Å². The third-order valence-corrected chi connectivity index (χ3v) is 2.01. The maximum Gasteiger partial charge on any atom is 0.127 e. The first-order valence-electron chi connectivity index (χ1n) is 4.60. The number of hydrogen-bond donors (Lipinski definition) is 1. The third-order valence-electron chi connectivity index (χ3n) is 2.01. The normalized spacial score (nSPS) is 8.81. The fraction of sp³-hybridized carbons (Fsp3) is 0.364. The van der Waals surface area contributed by atoms with E-state index in [-0.39, 0.29) is 12.4 Å². The smallest absolute Gasteiger partial charge is 0.127 e. The Hall–Kier alpha value is -1.44. The quantitative estimate of drug-likeness (QED) is 0.631. The molecule has 1 aromatic carbocycles. The maximum atomic E-state index is 8.39. The molecule has 1 N–H and O–H groups in total. The molecule has 0 atom stereocenters. The Bertz CT molecular complexity index is 363. The zero-order valence-electron chi connectivity index (χ0n) is 9.32. The number of benzene rings is 1. The minimum absolute atomic E-state index is 0. The van der Waals surface area contributed by atoms with Gasteiger partial charge in [0, 0.05) is 18.2 Å². The Morgan fingerprint density at radius 2 is 2.06 bits per heavy atom. The van der Waals surface area contributed by atoms with Crippen LogP contribution in [0.3, 0.4) is 0 Å². The number of methoxy groups -OCH3 is 2. The van der Waals surface area contributed by atoms with E-state index in [0.29, 0.717) is 13.1 Å². The molecular weight excluding hydrogens is 228 g/mol. The van der Waals surface area contributed by atoms with E-state index in [1.165, 1.54) is 0 Å². The number of nitrogens with one attached hydrogen (secondary N) is 1. The van der Waals surface area contributed by atoms with Crippen LogP contribution in [0.15, 0.2) is 18.2 Å². The van der Waals surface area contributed by atoms with Gasteiger partial charge in [0.2, 0.25) is 0 Å². The first-order chi connectivity index (χ1) is 7.31. The summed E-state index contributed by atoms with van der Waals surface area (Å²) in [6.45, 7) is 0.940. The number of hydrogen-bond acceptors (Lipinski definition) is 4. The summed E-state index contributed by atoms with van der Waals surface area (Å²) in [7, 11) is 3.23. The van der Waals surface area contributed by atoms with E-state index < -0.39 is 0 Å². The van der Waals surface area contributed by atoms with E-state index >= 15 is 0 Å². The predicted molar refractivity (Wildman–Crippen MR) is 64.1 cm³/mol. The van der Waals surface area contributed by atoms with Crippen molar-refractivity contribution in [1.29, 1.82) is 5.26 Å². The van der Waals surface area contributed by atoms with Crippen LogP contribution in [0, 0.1) is 11.3 Å². The van der Waals surface area contributed by atoms with Crippen LogP contribution in [0.4, 0.5) is 0 Å². The van der Waals surface area contributed by atoms with Crippen molar-refractivity contribution in [3.63, 3.8) is 0 Å². The van der Waals surface area contributed by atoms with E-state index in [1.54, 1.807) is 14.2 Å². The molecule has 1 rings (SSSR count). The summed E-state index contributed by atoms with van der Waals surface area (Å²) in [4.78, 5) is 0. The Morgan fingerprint density at radius 1 is 1.31 bits per heavy atom. The number of nitrogens with zero attached hydrogens (tertiary/aromatic N) is 1. The number of ether oxygens (including phenoxy) is 2. The van der Waals surface area contributed by atoms with Crippen LogP contribution >= 0.6 is 12.4 Å². The van der Waals surface area contributed by atoms with Gasteiger partial charge < -0.3 is 14.8 Å². The Morgan fingerprint density at radius 3 is 2.62 bits per heavy atom. The molecule has 0 aliphatic carbocycles. The first-order valence-corrected chi connectivity index (χ1v) is 4.60. The Labute approximate surface area is 102 Å². The summed E-state index contributed by atoms with van der Waals surface area (Å²) in [6.07, 6.45) is 0. The monoisotopic (exact) mass is 242 g/mol. The van der Waals surface area contributed by atoms with Crippen LogP contribution in [0.25, 0.3) is 0 Å². The minimum Gasteiger partial charge on any atom is -0.497 e. The molecule has 0 saturated heterocycles. The second-order valence-corrected chi connectivity index (χ2v) is 2.94. The predicted octanol–water partition coefficient (Wildman–Crippen LogP) is 1.74. The van der Waals surface area contributed by atoms with Gasteiger partial charge in [-0.25, -0.2) is 0 Å². The summed E-state index contributed by atoms with van der Waals surface area (Å²) in [5, 5.41) is 11.4. The molecule has 0 radical (unpaired) electrons. The number of halogens is 1. The molecule has 1 aromatic rings. The SMILES string of the molecule is COc1ccc(CNCC#N)c(OC)c1.Cl. The molecule has 0 aliphatic rings. The fourth-order valence-corrected chi connectivity index (χ4v) is 1.25. The van der Waals surface area contributed by atoms with Crippen LogP contribution in [-0.4, -0.2) is 20.8 Å². The molecule has 0 unspecified atom stereocenters. The van der Waals surface area contributed by atoms with E-state index in [0.717, 1.165) is 17.1 Å². The van der Waals surface area contributed by atoms with E-state index in [9.17, 15) is 0 Å². The van der Waals surface area contributed by atoms with Crippen LogP contribution in [-0.2, 0) is 6.54 Å². The molecule has 0 heterocycles. The van der Waals surface area contributed by atoms with Crippen LogP contribution in [0.1, 0.15) is 5.56 Å². The van der Waals surface area contributed by atoms with Crippen molar-refractivity contribution < 1.29 is 9.47 Å².